The molecule has 0 atom stereocenters. The third kappa shape index (κ3) is 14.2. The maximum absolute atomic E-state index is 3.98. The van der Waals surface area contributed by atoms with Crippen LogP contribution in [0.2, 0.25) is 0 Å². The van der Waals surface area contributed by atoms with E-state index in [1.807, 2.05) is 0 Å². The molecule has 0 unspecified atom stereocenters. The summed E-state index contributed by atoms with van der Waals surface area (Å²) < 4.78 is 0. The van der Waals surface area contributed by atoms with E-state index in [1.165, 1.54) is 75.5 Å². The largest absolute Gasteiger partial charge is 0.138 e. The first-order valence-corrected chi connectivity index (χ1v) is 18.2. The second-order valence-corrected chi connectivity index (χ2v) is 22.2. The number of hydrogen-bond acceptors (Lipinski definition) is 0. The van der Waals surface area contributed by atoms with Crippen LogP contribution in [0.4, 0.5) is 0 Å². The SMILES string of the molecule is CCC[P+](Br)(CCC)CCC.CCC[P+](Br)(CCC)CCC. The lowest BCUT2D eigenvalue weighted by molar-refractivity contribution is 1.01. The van der Waals surface area contributed by atoms with Crippen LogP contribution in [0.3, 0.4) is 0 Å². The van der Waals surface area contributed by atoms with Gasteiger partial charge in [0.15, 0.2) is 0 Å². The van der Waals surface area contributed by atoms with Crippen molar-refractivity contribution in [2.24, 2.45) is 0 Å². The second kappa shape index (κ2) is 16.3. The predicted molar refractivity (Wildman–Crippen MR) is 123 cm³/mol. The van der Waals surface area contributed by atoms with E-state index < -0.39 is 11.9 Å². The Hall–Kier alpha value is 1.82. The van der Waals surface area contributed by atoms with Crippen LogP contribution in [0.25, 0.3) is 0 Å². The Labute approximate surface area is 159 Å². The smallest absolute Gasteiger partial charge is 0.0619 e. The van der Waals surface area contributed by atoms with E-state index in [0.29, 0.717) is 0 Å². The first-order chi connectivity index (χ1) is 10.4. The minimum Gasteiger partial charge on any atom is -0.0619 e. The summed E-state index contributed by atoms with van der Waals surface area (Å²) in [7, 11) is 0. The van der Waals surface area contributed by atoms with Crippen LogP contribution < -0.4 is 0 Å². The average Bonchev–Trinajstić information content (AvgIpc) is 2.40. The molecule has 0 aromatic rings. The standard InChI is InChI=1S/2C9H21BrP/c2*1-4-7-11(10,8-5-2)9-6-3/h2*4-9H2,1-3H3/q2*+1. The Morgan fingerprint density at radius 1 is 0.409 bits per heavy atom. The minimum absolute atomic E-state index is 0.657. The summed E-state index contributed by atoms with van der Waals surface area (Å²) in [6, 6.07) is 0. The molecule has 0 radical (unpaired) electrons. The average molecular weight is 480 g/mol. The quantitative estimate of drug-likeness (QED) is 0.245. The third-order valence-corrected chi connectivity index (χ3v) is 17.6. The summed E-state index contributed by atoms with van der Waals surface area (Å²) in [5.74, 6) is -1.31. The van der Waals surface area contributed by atoms with Gasteiger partial charge in [-0.15, -0.1) is 0 Å². The molecular formula is C18H42Br2P2+2. The molecule has 0 aliphatic carbocycles. The fourth-order valence-corrected chi connectivity index (χ4v) is 15.6. The van der Waals surface area contributed by atoms with Crippen LogP contribution in [0.5, 0.6) is 0 Å². The molecule has 0 aromatic carbocycles. The van der Waals surface area contributed by atoms with Gasteiger partial charge < -0.3 is 0 Å². The lowest BCUT2D eigenvalue weighted by Crippen LogP contribution is -2.00. The Bertz CT molecular complexity index is 177. The molecule has 0 N–H and O–H groups in total. The highest BCUT2D eigenvalue weighted by Crippen LogP contribution is 2.67. The first kappa shape index (κ1) is 26.1. The zero-order chi connectivity index (χ0) is 17.5. The lowest BCUT2D eigenvalue weighted by Gasteiger charge is -2.17. The van der Waals surface area contributed by atoms with Crippen LogP contribution in [-0.2, 0) is 0 Å². The van der Waals surface area contributed by atoms with Gasteiger partial charge in [-0.1, -0.05) is 41.5 Å². The van der Waals surface area contributed by atoms with Crippen molar-refractivity contribution in [2.75, 3.05) is 37.0 Å². The summed E-state index contributed by atoms with van der Waals surface area (Å²) in [5, 5.41) is 0. The van der Waals surface area contributed by atoms with E-state index in [-0.39, 0.29) is 0 Å². The van der Waals surface area contributed by atoms with Gasteiger partial charge in [0.2, 0.25) is 0 Å². The Morgan fingerprint density at radius 3 is 0.636 bits per heavy atom. The van der Waals surface area contributed by atoms with E-state index in [1.54, 1.807) is 0 Å². The molecule has 0 aromatic heterocycles. The van der Waals surface area contributed by atoms with E-state index in [9.17, 15) is 0 Å². The summed E-state index contributed by atoms with van der Waals surface area (Å²) >= 11 is 7.95. The van der Waals surface area contributed by atoms with Gasteiger partial charge in [0.1, 0.15) is 31.0 Å². The zero-order valence-corrected chi connectivity index (χ0v) is 21.1. The normalized spacial score (nSPS) is 12.0. The van der Waals surface area contributed by atoms with Gasteiger partial charge in [-0.05, 0) is 38.5 Å². The van der Waals surface area contributed by atoms with Crippen molar-refractivity contribution in [2.45, 2.75) is 80.1 Å². The van der Waals surface area contributed by atoms with Gasteiger partial charge in [0.25, 0.3) is 0 Å². The van der Waals surface area contributed by atoms with Crippen molar-refractivity contribution < 1.29 is 0 Å². The van der Waals surface area contributed by atoms with Crippen molar-refractivity contribution >= 4 is 42.9 Å². The van der Waals surface area contributed by atoms with E-state index in [0.717, 1.165) is 0 Å². The van der Waals surface area contributed by atoms with Gasteiger partial charge >= 0.3 is 0 Å². The molecule has 0 amide bonds. The maximum Gasteiger partial charge on any atom is 0.138 e. The van der Waals surface area contributed by atoms with Gasteiger partial charge in [-0.3, -0.25) is 0 Å². The van der Waals surface area contributed by atoms with Crippen LogP contribution >= 0.6 is 42.9 Å². The summed E-state index contributed by atoms with van der Waals surface area (Å²) in [6.07, 6.45) is 16.7. The number of halogens is 2. The molecule has 0 rings (SSSR count). The highest BCUT2D eigenvalue weighted by molar-refractivity contribution is 9.42. The van der Waals surface area contributed by atoms with Crippen LogP contribution in [0, 0.1) is 0 Å². The van der Waals surface area contributed by atoms with Crippen LogP contribution in [-0.4, -0.2) is 37.0 Å². The fourth-order valence-electron chi connectivity index (χ4n) is 3.08. The molecule has 4 heteroatoms. The fraction of sp³-hybridized carbons (Fsp3) is 1.00. The molecule has 0 nitrogen and oxygen atoms in total. The van der Waals surface area contributed by atoms with Gasteiger partial charge in [-0.25, -0.2) is 0 Å². The molecule has 22 heavy (non-hydrogen) atoms. The van der Waals surface area contributed by atoms with Gasteiger partial charge in [0.05, 0.1) is 48.9 Å². The molecule has 136 valence electrons. The topological polar surface area (TPSA) is 0 Å². The van der Waals surface area contributed by atoms with E-state index >= 15 is 0 Å². The van der Waals surface area contributed by atoms with Crippen LogP contribution in [0.15, 0.2) is 0 Å². The van der Waals surface area contributed by atoms with Crippen molar-refractivity contribution in [3.05, 3.63) is 0 Å². The Kier molecular flexibility index (Phi) is 19.3. The molecule has 0 bridgehead atoms. The maximum atomic E-state index is 3.98. The zero-order valence-electron chi connectivity index (χ0n) is 16.1. The highest BCUT2D eigenvalue weighted by Gasteiger charge is 2.32. The number of rotatable bonds is 12. The van der Waals surface area contributed by atoms with E-state index in [2.05, 4.69) is 72.5 Å². The first-order valence-electron chi connectivity index (χ1n) is 9.48. The molecular weight excluding hydrogens is 438 g/mol. The minimum atomic E-state index is -0.657. The van der Waals surface area contributed by atoms with E-state index in [4.69, 9.17) is 0 Å². The van der Waals surface area contributed by atoms with Gasteiger partial charge in [-0.2, -0.15) is 0 Å². The Balaban J connectivity index is 0. The van der Waals surface area contributed by atoms with Crippen LogP contribution in [0.1, 0.15) is 80.1 Å². The second-order valence-electron chi connectivity index (χ2n) is 6.40. The molecule has 0 saturated heterocycles. The molecule has 0 aliphatic rings. The Morgan fingerprint density at radius 2 is 0.545 bits per heavy atom. The van der Waals surface area contributed by atoms with Gasteiger partial charge in [0, 0.05) is 0 Å². The number of hydrogen-bond donors (Lipinski definition) is 0. The highest BCUT2D eigenvalue weighted by atomic mass is 79.9. The van der Waals surface area contributed by atoms with Crippen molar-refractivity contribution in [1.82, 2.24) is 0 Å². The molecule has 0 spiro atoms. The molecule has 0 saturated carbocycles. The lowest BCUT2D eigenvalue weighted by atomic mass is 10.6. The van der Waals surface area contributed by atoms with Crippen molar-refractivity contribution in [1.29, 1.82) is 0 Å². The summed E-state index contributed by atoms with van der Waals surface area (Å²) in [6.45, 7) is 13.8. The predicted octanol–water partition coefficient (Wildman–Crippen LogP) is 9.09. The molecule has 0 aliphatic heterocycles. The monoisotopic (exact) mass is 478 g/mol. The molecule has 0 fully saturated rings. The summed E-state index contributed by atoms with van der Waals surface area (Å²) in [4.78, 5) is 0. The third-order valence-electron chi connectivity index (χ3n) is 3.75. The summed E-state index contributed by atoms with van der Waals surface area (Å²) in [5.41, 5.74) is 0. The van der Waals surface area contributed by atoms with Crippen molar-refractivity contribution in [3.8, 4) is 0 Å². The molecule has 0 heterocycles. The van der Waals surface area contributed by atoms with Crippen molar-refractivity contribution in [3.63, 3.8) is 0 Å².